The van der Waals surface area contributed by atoms with E-state index in [4.69, 9.17) is 9.47 Å². The van der Waals surface area contributed by atoms with E-state index in [0.29, 0.717) is 11.3 Å². The van der Waals surface area contributed by atoms with Gasteiger partial charge in [0.05, 0.1) is 12.7 Å². The molecule has 0 aliphatic carbocycles. The van der Waals surface area contributed by atoms with Gasteiger partial charge < -0.3 is 9.47 Å². The van der Waals surface area contributed by atoms with Crippen molar-refractivity contribution in [3.05, 3.63) is 70.9 Å². The van der Waals surface area contributed by atoms with Gasteiger partial charge in [-0.3, -0.25) is 0 Å². The topological polar surface area (TPSA) is 47.9 Å². The summed E-state index contributed by atoms with van der Waals surface area (Å²) in [7, 11) is 1.57. The maximum absolute atomic E-state index is 12.0. The number of para-hydroxylation sites is 1. The highest BCUT2D eigenvalue weighted by Gasteiger charge is 2.25. The van der Waals surface area contributed by atoms with Crippen LogP contribution in [0.3, 0.4) is 0 Å². The highest BCUT2D eigenvalue weighted by atomic mass is 16.6. The highest BCUT2D eigenvalue weighted by Crippen LogP contribution is 2.25. The Morgan fingerprint density at radius 2 is 1.87 bits per heavy atom. The van der Waals surface area contributed by atoms with Crippen molar-refractivity contribution < 1.29 is 14.3 Å². The molecule has 2 aromatic carbocycles. The van der Waals surface area contributed by atoms with Crippen molar-refractivity contribution in [2.75, 3.05) is 7.11 Å². The molecule has 0 spiro atoms. The maximum atomic E-state index is 12.0. The zero-order valence-corrected chi connectivity index (χ0v) is 13.1. The second-order valence-electron chi connectivity index (χ2n) is 5.13. The molecular formula is C19H17NO3. The molecule has 0 amide bonds. The Labute approximate surface area is 135 Å². The summed E-state index contributed by atoms with van der Waals surface area (Å²) in [4.78, 5) is 16.4. The van der Waals surface area contributed by atoms with Crippen molar-refractivity contribution in [1.82, 2.24) is 0 Å². The summed E-state index contributed by atoms with van der Waals surface area (Å²) in [6.07, 6.45) is 2.71. The van der Waals surface area contributed by atoms with Crippen LogP contribution >= 0.6 is 0 Å². The number of aryl methyl sites for hydroxylation is 1. The number of cyclic esters (lactones) is 1. The number of aliphatic imine (C=N–C) groups is 1. The molecule has 1 heterocycles. The lowest BCUT2D eigenvalue weighted by Crippen LogP contribution is -2.06. The first-order valence-corrected chi connectivity index (χ1v) is 7.46. The normalized spacial score (nSPS) is 15.5. The van der Waals surface area contributed by atoms with Crippen LogP contribution in [0.2, 0.25) is 0 Å². The largest absolute Gasteiger partial charge is 0.496 e. The van der Waals surface area contributed by atoms with Gasteiger partial charge in [-0.25, -0.2) is 9.79 Å². The van der Waals surface area contributed by atoms with Crippen molar-refractivity contribution >= 4 is 17.9 Å². The maximum Gasteiger partial charge on any atom is 0.363 e. The van der Waals surface area contributed by atoms with Crippen molar-refractivity contribution in [2.24, 2.45) is 4.99 Å². The molecule has 0 saturated carbocycles. The van der Waals surface area contributed by atoms with Gasteiger partial charge >= 0.3 is 5.97 Å². The molecule has 0 bridgehead atoms. The first-order chi connectivity index (χ1) is 11.2. The van der Waals surface area contributed by atoms with E-state index in [1.165, 1.54) is 5.56 Å². The minimum absolute atomic E-state index is 0.267. The highest BCUT2D eigenvalue weighted by molar-refractivity contribution is 6.13. The third-order valence-corrected chi connectivity index (χ3v) is 3.65. The summed E-state index contributed by atoms with van der Waals surface area (Å²) >= 11 is 0. The number of nitrogens with zero attached hydrogens (tertiary/aromatic N) is 1. The molecule has 0 saturated heterocycles. The molecule has 0 N–H and O–H groups in total. The lowest BCUT2D eigenvalue weighted by atomic mass is 10.1. The van der Waals surface area contributed by atoms with Crippen molar-refractivity contribution in [1.29, 1.82) is 0 Å². The summed E-state index contributed by atoms with van der Waals surface area (Å²) in [5.74, 6) is 0.432. The molecular weight excluding hydrogens is 290 g/mol. The second-order valence-corrected chi connectivity index (χ2v) is 5.13. The Morgan fingerprint density at radius 1 is 1.13 bits per heavy atom. The number of rotatable bonds is 4. The number of benzene rings is 2. The van der Waals surface area contributed by atoms with Crippen LogP contribution in [0.1, 0.15) is 23.6 Å². The fourth-order valence-corrected chi connectivity index (χ4v) is 2.35. The Hall–Kier alpha value is -2.88. The summed E-state index contributed by atoms with van der Waals surface area (Å²) < 4.78 is 10.6. The smallest absolute Gasteiger partial charge is 0.363 e. The minimum Gasteiger partial charge on any atom is -0.496 e. The molecule has 0 aromatic heterocycles. The number of hydrogen-bond acceptors (Lipinski definition) is 4. The summed E-state index contributed by atoms with van der Waals surface area (Å²) in [6, 6.07) is 15.3. The molecule has 4 heteroatoms. The van der Waals surface area contributed by atoms with Crippen LogP contribution in [0.5, 0.6) is 5.75 Å². The predicted octanol–water partition coefficient (Wildman–Crippen LogP) is 3.60. The lowest BCUT2D eigenvalue weighted by molar-refractivity contribution is -0.129. The van der Waals surface area contributed by atoms with Gasteiger partial charge in [0.2, 0.25) is 5.90 Å². The molecule has 0 radical (unpaired) electrons. The molecule has 0 atom stereocenters. The van der Waals surface area contributed by atoms with Gasteiger partial charge in [-0.1, -0.05) is 43.3 Å². The third kappa shape index (κ3) is 3.16. The van der Waals surface area contributed by atoms with Crippen LogP contribution < -0.4 is 4.74 Å². The van der Waals surface area contributed by atoms with E-state index in [2.05, 4.69) is 11.9 Å². The van der Waals surface area contributed by atoms with Crippen LogP contribution in [0.15, 0.2) is 59.2 Å². The van der Waals surface area contributed by atoms with E-state index in [1.54, 1.807) is 19.3 Å². The Balaban J connectivity index is 1.93. The third-order valence-electron chi connectivity index (χ3n) is 3.65. The van der Waals surface area contributed by atoms with Crippen LogP contribution in [0.25, 0.3) is 6.08 Å². The molecule has 1 aliphatic heterocycles. The van der Waals surface area contributed by atoms with E-state index < -0.39 is 5.97 Å². The first kappa shape index (κ1) is 15.0. The monoisotopic (exact) mass is 307 g/mol. The SMILES string of the molecule is CCc1ccc(/C=C2/N=C(c3ccccc3OC)OC2=O)cc1. The van der Waals surface area contributed by atoms with E-state index in [1.807, 2.05) is 42.5 Å². The lowest BCUT2D eigenvalue weighted by Gasteiger charge is -2.05. The molecule has 0 fully saturated rings. The fraction of sp³-hybridized carbons (Fsp3) is 0.158. The number of hydrogen-bond donors (Lipinski definition) is 0. The van der Waals surface area contributed by atoms with E-state index in [9.17, 15) is 4.79 Å². The van der Waals surface area contributed by atoms with Crippen molar-refractivity contribution in [3.8, 4) is 5.75 Å². The van der Waals surface area contributed by atoms with Gasteiger partial charge in [0.25, 0.3) is 0 Å². The fourth-order valence-electron chi connectivity index (χ4n) is 2.35. The number of esters is 1. The average molecular weight is 307 g/mol. The molecule has 3 rings (SSSR count). The van der Waals surface area contributed by atoms with E-state index in [0.717, 1.165) is 12.0 Å². The molecule has 23 heavy (non-hydrogen) atoms. The molecule has 2 aromatic rings. The number of methoxy groups -OCH3 is 1. The van der Waals surface area contributed by atoms with Crippen molar-refractivity contribution in [2.45, 2.75) is 13.3 Å². The van der Waals surface area contributed by atoms with Crippen LogP contribution in [-0.4, -0.2) is 19.0 Å². The molecule has 4 nitrogen and oxygen atoms in total. The molecule has 1 aliphatic rings. The Kier molecular flexibility index (Phi) is 4.24. The van der Waals surface area contributed by atoms with Crippen LogP contribution in [-0.2, 0) is 16.0 Å². The average Bonchev–Trinajstić information content (AvgIpc) is 2.96. The van der Waals surface area contributed by atoms with Crippen LogP contribution in [0.4, 0.5) is 0 Å². The van der Waals surface area contributed by atoms with E-state index >= 15 is 0 Å². The Morgan fingerprint density at radius 3 is 2.57 bits per heavy atom. The van der Waals surface area contributed by atoms with E-state index in [-0.39, 0.29) is 11.6 Å². The van der Waals surface area contributed by atoms with Crippen molar-refractivity contribution in [3.63, 3.8) is 0 Å². The summed E-state index contributed by atoms with van der Waals surface area (Å²) in [5, 5.41) is 0. The predicted molar refractivity (Wildman–Crippen MR) is 89.4 cm³/mol. The quantitative estimate of drug-likeness (QED) is 0.640. The standard InChI is InChI=1S/C19H17NO3/c1-3-13-8-10-14(11-9-13)12-16-19(21)23-18(20-16)15-6-4-5-7-17(15)22-2/h4-12H,3H2,1-2H3/b16-12+. The van der Waals surface area contributed by atoms with Crippen LogP contribution in [0, 0.1) is 0 Å². The van der Waals surface area contributed by atoms with Gasteiger partial charge in [-0.2, -0.15) is 0 Å². The zero-order chi connectivity index (χ0) is 16.2. The first-order valence-electron chi connectivity index (χ1n) is 7.46. The van der Waals surface area contributed by atoms with Gasteiger partial charge in [-0.15, -0.1) is 0 Å². The van der Waals surface area contributed by atoms with Gasteiger partial charge in [0.1, 0.15) is 5.75 Å². The summed E-state index contributed by atoms with van der Waals surface area (Å²) in [5.41, 5.74) is 3.11. The minimum atomic E-state index is -0.453. The zero-order valence-electron chi connectivity index (χ0n) is 13.1. The van der Waals surface area contributed by atoms with Gasteiger partial charge in [0.15, 0.2) is 5.70 Å². The molecule has 116 valence electrons. The number of carbonyl (C=O) groups excluding carboxylic acids is 1. The van der Waals surface area contributed by atoms with Gasteiger partial charge in [0, 0.05) is 0 Å². The second kappa shape index (κ2) is 6.48. The summed E-state index contributed by atoms with van der Waals surface area (Å²) in [6.45, 7) is 2.10. The molecule has 0 unspecified atom stereocenters. The number of carbonyl (C=O) groups is 1. The number of ether oxygens (including phenoxy) is 2. The van der Waals surface area contributed by atoms with Gasteiger partial charge in [-0.05, 0) is 35.8 Å². The Bertz CT molecular complexity index is 789.